The third-order valence-corrected chi connectivity index (χ3v) is 3.93. The van der Waals surface area contributed by atoms with Gasteiger partial charge in [0.05, 0.1) is 19.8 Å². The molecule has 0 fully saturated rings. The van der Waals surface area contributed by atoms with Crippen molar-refractivity contribution in [1.29, 1.82) is 0 Å². The molecule has 0 radical (unpaired) electrons. The van der Waals surface area contributed by atoms with E-state index in [1.807, 2.05) is 57.2 Å². The second-order valence-electron chi connectivity index (χ2n) is 5.76. The van der Waals surface area contributed by atoms with Crippen LogP contribution in [-0.2, 0) is 6.61 Å². The molecule has 0 unspecified atom stereocenters. The van der Waals surface area contributed by atoms with Crippen molar-refractivity contribution in [3.63, 3.8) is 0 Å². The average Bonchev–Trinajstić information content (AvgIpc) is 3.13. The topological polar surface area (TPSA) is 77.6 Å². The summed E-state index contributed by atoms with van der Waals surface area (Å²) in [5.74, 6) is 2.26. The van der Waals surface area contributed by atoms with Crippen molar-refractivity contribution in [3.8, 4) is 34.3 Å². The minimum Gasteiger partial charge on any atom is -0.490 e. The van der Waals surface area contributed by atoms with Crippen molar-refractivity contribution in [2.75, 3.05) is 13.2 Å². The van der Waals surface area contributed by atoms with E-state index in [2.05, 4.69) is 10.1 Å². The first kappa shape index (κ1) is 17.9. The van der Waals surface area contributed by atoms with Gasteiger partial charge in [-0.1, -0.05) is 23.4 Å². The standard InChI is InChI=1S/C20H22N2O4/c1-4-24-17-9-7-15(11-18(17)25-5-2)20-21-19(22-26-20)16-8-6-14(12-23)10-13(16)3/h6-11,23H,4-5,12H2,1-3H3. The van der Waals surface area contributed by atoms with Crippen LogP contribution in [0.2, 0.25) is 0 Å². The lowest BCUT2D eigenvalue weighted by Crippen LogP contribution is -1.98. The first-order chi connectivity index (χ1) is 12.7. The summed E-state index contributed by atoms with van der Waals surface area (Å²) < 4.78 is 16.7. The molecule has 0 saturated heterocycles. The van der Waals surface area contributed by atoms with E-state index in [0.29, 0.717) is 36.4 Å². The zero-order valence-corrected chi connectivity index (χ0v) is 15.2. The van der Waals surface area contributed by atoms with Crippen LogP contribution in [0.4, 0.5) is 0 Å². The second-order valence-corrected chi connectivity index (χ2v) is 5.76. The molecule has 136 valence electrons. The minimum atomic E-state index is 0.00496. The van der Waals surface area contributed by atoms with Gasteiger partial charge in [-0.05, 0) is 50.1 Å². The van der Waals surface area contributed by atoms with Gasteiger partial charge < -0.3 is 19.1 Å². The fraction of sp³-hybridized carbons (Fsp3) is 0.300. The van der Waals surface area contributed by atoms with Crippen LogP contribution < -0.4 is 9.47 Å². The molecule has 2 aromatic carbocycles. The van der Waals surface area contributed by atoms with Crippen molar-refractivity contribution >= 4 is 0 Å². The summed E-state index contributed by atoms with van der Waals surface area (Å²) in [5, 5.41) is 13.3. The van der Waals surface area contributed by atoms with Gasteiger partial charge in [0.2, 0.25) is 5.82 Å². The molecule has 0 saturated carbocycles. The first-order valence-corrected chi connectivity index (χ1v) is 8.60. The van der Waals surface area contributed by atoms with Crippen LogP contribution in [0.15, 0.2) is 40.9 Å². The summed E-state index contributed by atoms with van der Waals surface area (Å²) in [7, 11) is 0. The summed E-state index contributed by atoms with van der Waals surface area (Å²) in [5.41, 5.74) is 3.46. The van der Waals surface area contributed by atoms with Crippen LogP contribution >= 0.6 is 0 Å². The maximum atomic E-state index is 9.23. The minimum absolute atomic E-state index is 0.00496. The summed E-state index contributed by atoms with van der Waals surface area (Å²) in [4.78, 5) is 4.51. The van der Waals surface area contributed by atoms with E-state index in [-0.39, 0.29) is 6.61 Å². The van der Waals surface area contributed by atoms with Crippen molar-refractivity contribution in [1.82, 2.24) is 10.1 Å². The SMILES string of the molecule is CCOc1ccc(-c2nc(-c3ccc(CO)cc3C)no2)cc1OCC. The molecule has 1 heterocycles. The van der Waals surface area contributed by atoms with Crippen LogP contribution in [-0.4, -0.2) is 28.5 Å². The Balaban J connectivity index is 1.93. The van der Waals surface area contributed by atoms with E-state index in [0.717, 1.165) is 22.3 Å². The van der Waals surface area contributed by atoms with Gasteiger partial charge in [0, 0.05) is 11.1 Å². The number of aliphatic hydroxyl groups excluding tert-OH is 1. The van der Waals surface area contributed by atoms with Gasteiger partial charge in [-0.2, -0.15) is 4.98 Å². The third kappa shape index (κ3) is 3.70. The van der Waals surface area contributed by atoms with E-state index < -0.39 is 0 Å². The maximum absolute atomic E-state index is 9.23. The molecular formula is C20H22N2O4. The zero-order valence-electron chi connectivity index (χ0n) is 15.2. The highest BCUT2D eigenvalue weighted by molar-refractivity contribution is 5.65. The summed E-state index contributed by atoms with van der Waals surface area (Å²) >= 11 is 0. The molecule has 0 bridgehead atoms. The van der Waals surface area contributed by atoms with Crippen molar-refractivity contribution in [2.24, 2.45) is 0 Å². The third-order valence-electron chi connectivity index (χ3n) is 3.93. The molecule has 0 aliphatic carbocycles. The Hall–Kier alpha value is -2.86. The van der Waals surface area contributed by atoms with Crippen molar-refractivity contribution in [3.05, 3.63) is 47.5 Å². The Morgan fingerprint density at radius 2 is 1.77 bits per heavy atom. The lowest BCUT2D eigenvalue weighted by molar-refractivity contribution is 0.282. The van der Waals surface area contributed by atoms with E-state index in [4.69, 9.17) is 14.0 Å². The van der Waals surface area contributed by atoms with Gasteiger partial charge in [0.15, 0.2) is 11.5 Å². The van der Waals surface area contributed by atoms with Gasteiger partial charge >= 0.3 is 0 Å². The van der Waals surface area contributed by atoms with E-state index in [1.54, 1.807) is 0 Å². The smallest absolute Gasteiger partial charge is 0.258 e. The second kappa shape index (κ2) is 8.01. The molecule has 0 spiro atoms. The molecule has 6 heteroatoms. The van der Waals surface area contributed by atoms with Gasteiger partial charge in [-0.3, -0.25) is 0 Å². The number of aliphatic hydroxyl groups is 1. The molecule has 0 amide bonds. The van der Waals surface area contributed by atoms with E-state index in [1.165, 1.54) is 0 Å². The fourth-order valence-corrected chi connectivity index (χ4v) is 2.71. The summed E-state index contributed by atoms with van der Waals surface area (Å²) in [6, 6.07) is 11.2. The Labute approximate surface area is 152 Å². The number of hydrogen-bond donors (Lipinski definition) is 1. The number of aromatic nitrogens is 2. The van der Waals surface area contributed by atoms with Gasteiger partial charge in [-0.15, -0.1) is 0 Å². The molecule has 0 aliphatic rings. The predicted molar refractivity (Wildman–Crippen MR) is 98.2 cm³/mol. The Kier molecular flexibility index (Phi) is 5.53. The molecule has 6 nitrogen and oxygen atoms in total. The van der Waals surface area contributed by atoms with E-state index >= 15 is 0 Å². The van der Waals surface area contributed by atoms with Gasteiger partial charge in [-0.25, -0.2) is 0 Å². The number of benzene rings is 2. The number of ether oxygens (including phenoxy) is 2. The first-order valence-electron chi connectivity index (χ1n) is 8.60. The van der Waals surface area contributed by atoms with E-state index in [9.17, 15) is 5.11 Å². The number of nitrogens with zero attached hydrogens (tertiary/aromatic N) is 2. The highest BCUT2D eigenvalue weighted by Crippen LogP contribution is 2.33. The zero-order chi connectivity index (χ0) is 18.5. The van der Waals surface area contributed by atoms with Gasteiger partial charge in [0.1, 0.15) is 0 Å². The monoisotopic (exact) mass is 354 g/mol. The molecule has 26 heavy (non-hydrogen) atoms. The maximum Gasteiger partial charge on any atom is 0.258 e. The van der Waals surface area contributed by atoms with Crippen LogP contribution in [0, 0.1) is 6.92 Å². The lowest BCUT2D eigenvalue weighted by atomic mass is 10.1. The quantitative estimate of drug-likeness (QED) is 0.691. The lowest BCUT2D eigenvalue weighted by Gasteiger charge is -2.11. The number of rotatable bonds is 7. The number of aryl methyl sites for hydroxylation is 1. The molecular weight excluding hydrogens is 332 g/mol. The highest BCUT2D eigenvalue weighted by Gasteiger charge is 2.15. The average molecular weight is 354 g/mol. The molecule has 3 rings (SSSR count). The molecule has 0 atom stereocenters. The van der Waals surface area contributed by atoms with Crippen LogP contribution in [0.1, 0.15) is 25.0 Å². The normalized spacial score (nSPS) is 10.8. The highest BCUT2D eigenvalue weighted by atomic mass is 16.5. The van der Waals surface area contributed by atoms with Crippen LogP contribution in [0.5, 0.6) is 11.5 Å². The van der Waals surface area contributed by atoms with Gasteiger partial charge in [0.25, 0.3) is 5.89 Å². The Morgan fingerprint density at radius 3 is 2.46 bits per heavy atom. The molecule has 1 aromatic heterocycles. The molecule has 1 N–H and O–H groups in total. The molecule has 0 aliphatic heterocycles. The summed E-state index contributed by atoms with van der Waals surface area (Å²) in [6.07, 6.45) is 0. The van der Waals surface area contributed by atoms with Crippen molar-refractivity contribution in [2.45, 2.75) is 27.4 Å². The fourth-order valence-electron chi connectivity index (χ4n) is 2.71. The Morgan fingerprint density at radius 1 is 1.00 bits per heavy atom. The largest absolute Gasteiger partial charge is 0.490 e. The van der Waals surface area contributed by atoms with Crippen LogP contribution in [0.25, 0.3) is 22.8 Å². The van der Waals surface area contributed by atoms with Crippen molar-refractivity contribution < 1.29 is 19.1 Å². The Bertz CT molecular complexity index is 889. The summed E-state index contributed by atoms with van der Waals surface area (Å²) in [6.45, 7) is 6.91. The molecule has 3 aromatic rings. The number of hydrogen-bond acceptors (Lipinski definition) is 6. The predicted octanol–water partition coefficient (Wildman–Crippen LogP) is 4.00. The van der Waals surface area contributed by atoms with Crippen LogP contribution in [0.3, 0.4) is 0 Å².